The minimum atomic E-state index is -0.257. The molecule has 0 saturated carbocycles. The summed E-state index contributed by atoms with van der Waals surface area (Å²) in [6.45, 7) is 8.04. The van der Waals surface area contributed by atoms with Crippen LogP contribution >= 0.6 is 0 Å². The number of nitrogens with zero attached hydrogens (tertiary/aromatic N) is 9. The fraction of sp³-hybridized carbons (Fsp3) is 0.379. The van der Waals surface area contributed by atoms with E-state index in [4.69, 9.17) is 14.2 Å². The number of ether oxygens (including phenoxy) is 3. The van der Waals surface area contributed by atoms with Crippen molar-refractivity contribution in [2.24, 2.45) is 0 Å². The van der Waals surface area contributed by atoms with Gasteiger partial charge in [-0.05, 0) is 47.2 Å². The number of rotatable bonds is 10. The Morgan fingerprint density at radius 2 is 1.86 bits per heavy atom. The van der Waals surface area contributed by atoms with Gasteiger partial charge >= 0.3 is 0 Å². The molecule has 2 aliphatic rings. The zero-order valence-corrected chi connectivity index (χ0v) is 23.6. The van der Waals surface area contributed by atoms with Crippen molar-refractivity contribution in [1.82, 2.24) is 35.1 Å². The molecule has 216 valence electrons. The number of piperazine rings is 1. The van der Waals surface area contributed by atoms with Crippen molar-refractivity contribution in [3.05, 3.63) is 60.7 Å². The summed E-state index contributed by atoms with van der Waals surface area (Å²) in [5.41, 5.74) is 3.97. The molecule has 0 radical (unpaired) electrons. The van der Waals surface area contributed by atoms with Gasteiger partial charge in [0.25, 0.3) is 0 Å². The zero-order valence-electron chi connectivity index (χ0n) is 23.6. The van der Waals surface area contributed by atoms with E-state index in [1.807, 2.05) is 25.1 Å². The summed E-state index contributed by atoms with van der Waals surface area (Å²) in [4.78, 5) is 13.9. The maximum Gasteiger partial charge on any atom is 0.227 e. The first kappa shape index (κ1) is 27.4. The highest BCUT2D eigenvalue weighted by molar-refractivity contribution is 5.70. The van der Waals surface area contributed by atoms with Gasteiger partial charge in [0.1, 0.15) is 30.0 Å². The SMILES string of the molecule is COc1cc(N2CCN(C3COC3)CC2)ccc1Nc1ncc(-c2ccc(C#N)c(OC(C)Cn3cnnn3)c2)cn1. The number of methoxy groups -OCH3 is 1. The maximum atomic E-state index is 9.58. The summed E-state index contributed by atoms with van der Waals surface area (Å²) in [6, 6.07) is 14.3. The molecule has 1 atom stereocenters. The summed E-state index contributed by atoms with van der Waals surface area (Å²) >= 11 is 0. The van der Waals surface area contributed by atoms with Crippen LogP contribution in [0.25, 0.3) is 11.1 Å². The Bertz CT molecular complexity index is 1530. The predicted molar refractivity (Wildman–Crippen MR) is 155 cm³/mol. The quantitative estimate of drug-likeness (QED) is 0.301. The lowest BCUT2D eigenvalue weighted by Gasteiger charge is -2.43. The van der Waals surface area contributed by atoms with E-state index in [-0.39, 0.29) is 6.10 Å². The molecule has 6 rings (SSSR count). The molecule has 4 heterocycles. The van der Waals surface area contributed by atoms with Crippen LogP contribution in [0.4, 0.5) is 17.3 Å². The van der Waals surface area contributed by atoms with E-state index in [9.17, 15) is 5.26 Å². The highest BCUT2D eigenvalue weighted by atomic mass is 16.5. The van der Waals surface area contributed by atoms with Crippen molar-refractivity contribution in [2.75, 3.05) is 56.7 Å². The molecule has 0 amide bonds. The highest BCUT2D eigenvalue weighted by Crippen LogP contribution is 2.33. The van der Waals surface area contributed by atoms with Crippen molar-refractivity contribution in [3.63, 3.8) is 0 Å². The number of aromatic nitrogens is 6. The molecule has 13 nitrogen and oxygen atoms in total. The summed E-state index contributed by atoms with van der Waals surface area (Å²) in [6.07, 6.45) is 4.73. The van der Waals surface area contributed by atoms with Crippen LogP contribution in [0.3, 0.4) is 0 Å². The predicted octanol–water partition coefficient (Wildman–Crippen LogP) is 2.74. The average molecular weight is 569 g/mol. The summed E-state index contributed by atoms with van der Waals surface area (Å²) < 4.78 is 18.7. The smallest absolute Gasteiger partial charge is 0.227 e. The summed E-state index contributed by atoms with van der Waals surface area (Å²) in [5, 5.41) is 24.0. The first-order chi connectivity index (χ1) is 20.6. The van der Waals surface area contributed by atoms with Crippen LogP contribution in [0, 0.1) is 11.3 Å². The van der Waals surface area contributed by atoms with E-state index in [1.54, 1.807) is 30.3 Å². The van der Waals surface area contributed by atoms with Crippen molar-refractivity contribution in [3.8, 4) is 28.7 Å². The van der Waals surface area contributed by atoms with E-state index in [0.29, 0.717) is 29.8 Å². The molecule has 0 aliphatic carbocycles. The zero-order chi connectivity index (χ0) is 28.9. The molecule has 0 spiro atoms. The van der Waals surface area contributed by atoms with Crippen molar-refractivity contribution >= 4 is 17.3 Å². The molecule has 42 heavy (non-hydrogen) atoms. The monoisotopic (exact) mass is 568 g/mol. The second kappa shape index (κ2) is 12.4. The Morgan fingerprint density at radius 3 is 2.52 bits per heavy atom. The van der Waals surface area contributed by atoms with Crippen LogP contribution in [0.5, 0.6) is 11.5 Å². The van der Waals surface area contributed by atoms with Gasteiger partial charge in [-0.2, -0.15) is 5.26 Å². The Labute approximate surface area is 243 Å². The van der Waals surface area contributed by atoms with Gasteiger partial charge in [-0.25, -0.2) is 14.6 Å². The lowest BCUT2D eigenvalue weighted by molar-refractivity contribution is -0.0660. The van der Waals surface area contributed by atoms with Gasteiger partial charge in [0.2, 0.25) is 5.95 Å². The lowest BCUT2D eigenvalue weighted by atomic mass is 10.1. The third kappa shape index (κ3) is 6.09. The topological polar surface area (TPSA) is 139 Å². The van der Waals surface area contributed by atoms with Crippen LogP contribution in [0.2, 0.25) is 0 Å². The van der Waals surface area contributed by atoms with Crippen LogP contribution in [0.15, 0.2) is 55.1 Å². The van der Waals surface area contributed by atoms with Gasteiger partial charge in [0, 0.05) is 55.9 Å². The molecule has 13 heteroatoms. The molecular formula is C29H32N10O3. The summed E-state index contributed by atoms with van der Waals surface area (Å²) in [5.74, 6) is 1.64. The molecule has 2 fully saturated rings. The minimum Gasteiger partial charge on any atom is -0.494 e. The molecule has 2 aromatic heterocycles. The van der Waals surface area contributed by atoms with Gasteiger partial charge in [-0.1, -0.05) is 6.07 Å². The Balaban J connectivity index is 1.11. The molecule has 1 unspecified atom stereocenters. The Kier molecular flexibility index (Phi) is 8.07. The minimum absolute atomic E-state index is 0.257. The fourth-order valence-electron chi connectivity index (χ4n) is 5.09. The number of nitriles is 1. The highest BCUT2D eigenvalue weighted by Gasteiger charge is 2.29. The molecular weight excluding hydrogens is 536 g/mol. The number of nitrogens with one attached hydrogen (secondary N) is 1. The molecule has 0 bridgehead atoms. The number of tetrazole rings is 1. The lowest BCUT2D eigenvalue weighted by Crippen LogP contribution is -2.56. The Hall–Kier alpha value is -4.80. The first-order valence-electron chi connectivity index (χ1n) is 13.9. The van der Waals surface area contributed by atoms with Crippen molar-refractivity contribution in [1.29, 1.82) is 5.26 Å². The first-order valence-corrected chi connectivity index (χ1v) is 13.9. The third-order valence-electron chi connectivity index (χ3n) is 7.50. The van der Waals surface area contributed by atoms with E-state index < -0.39 is 0 Å². The third-order valence-corrected chi connectivity index (χ3v) is 7.50. The molecule has 1 N–H and O–H groups in total. The van der Waals surface area contributed by atoms with Crippen molar-refractivity contribution in [2.45, 2.75) is 25.6 Å². The van der Waals surface area contributed by atoms with Crippen LogP contribution in [0.1, 0.15) is 12.5 Å². The number of anilines is 3. The maximum absolute atomic E-state index is 9.58. The van der Waals surface area contributed by atoms with Crippen LogP contribution < -0.4 is 19.7 Å². The fourth-order valence-corrected chi connectivity index (χ4v) is 5.09. The van der Waals surface area contributed by atoms with Gasteiger partial charge in [0.15, 0.2) is 0 Å². The average Bonchev–Trinajstić information content (AvgIpc) is 3.50. The summed E-state index contributed by atoms with van der Waals surface area (Å²) in [7, 11) is 1.66. The standard InChI is InChI=1S/C29H32N10O3/c1-20(16-39-19-33-35-36-39)42-27-11-21(3-4-22(27)13-30)23-14-31-29(32-15-23)34-26-6-5-24(12-28(26)40-2)37-7-9-38(10-8-37)25-17-41-18-25/h3-6,11-12,14-15,19-20,25H,7-10,16-18H2,1-2H3,(H,31,32,34). The van der Waals surface area contributed by atoms with E-state index in [1.165, 1.54) is 6.33 Å². The van der Waals surface area contributed by atoms with Crippen LogP contribution in [-0.2, 0) is 11.3 Å². The van der Waals surface area contributed by atoms with Crippen molar-refractivity contribution < 1.29 is 14.2 Å². The van der Waals surface area contributed by atoms with Gasteiger partial charge in [-0.3, -0.25) is 4.90 Å². The molecule has 4 aromatic rings. The molecule has 2 aliphatic heterocycles. The number of hydrogen-bond donors (Lipinski definition) is 1. The van der Waals surface area contributed by atoms with Gasteiger partial charge in [-0.15, -0.1) is 5.10 Å². The Morgan fingerprint density at radius 1 is 1.05 bits per heavy atom. The number of benzene rings is 2. The normalized spacial score (nSPS) is 16.4. The molecule has 2 saturated heterocycles. The van der Waals surface area contributed by atoms with Gasteiger partial charge < -0.3 is 24.4 Å². The number of hydrogen-bond acceptors (Lipinski definition) is 12. The molecule has 2 aromatic carbocycles. The van der Waals surface area contributed by atoms with E-state index in [2.05, 4.69) is 58.8 Å². The van der Waals surface area contributed by atoms with Crippen LogP contribution in [-0.4, -0.2) is 93.7 Å². The second-order valence-electron chi connectivity index (χ2n) is 10.3. The van der Waals surface area contributed by atoms with E-state index in [0.717, 1.165) is 67.6 Å². The largest absolute Gasteiger partial charge is 0.494 e. The second-order valence-corrected chi connectivity index (χ2v) is 10.3. The van der Waals surface area contributed by atoms with Gasteiger partial charge in [0.05, 0.1) is 44.2 Å². The van der Waals surface area contributed by atoms with E-state index >= 15 is 0 Å².